The van der Waals surface area contributed by atoms with Gasteiger partial charge in [0, 0.05) is 17.3 Å². The molecule has 4 heteroatoms. The molecule has 0 spiro atoms. The molecule has 0 aromatic heterocycles. The molecule has 0 saturated heterocycles. The van der Waals surface area contributed by atoms with Gasteiger partial charge in [0.15, 0.2) is 0 Å². The zero-order chi connectivity index (χ0) is 10.5. The van der Waals surface area contributed by atoms with Crippen molar-refractivity contribution in [3.63, 3.8) is 0 Å². The summed E-state index contributed by atoms with van der Waals surface area (Å²) in [5.74, 6) is 1.55. The molecule has 0 amide bonds. The summed E-state index contributed by atoms with van der Waals surface area (Å²) in [5.41, 5.74) is 0. The van der Waals surface area contributed by atoms with E-state index in [1.54, 1.807) is 0 Å². The molecule has 0 aromatic rings. The SMILES string of the molecule is CC(C)C(CBr)CCCS(C)(=O)=O. The number of halogens is 1. The van der Waals surface area contributed by atoms with Gasteiger partial charge in [0.1, 0.15) is 9.84 Å². The van der Waals surface area contributed by atoms with E-state index < -0.39 is 9.84 Å². The van der Waals surface area contributed by atoms with Gasteiger partial charge in [0.05, 0.1) is 0 Å². The van der Waals surface area contributed by atoms with E-state index in [4.69, 9.17) is 0 Å². The molecule has 0 aliphatic carbocycles. The maximum absolute atomic E-state index is 10.9. The zero-order valence-corrected chi connectivity index (χ0v) is 11.0. The van der Waals surface area contributed by atoms with Crippen molar-refractivity contribution in [2.45, 2.75) is 26.7 Å². The van der Waals surface area contributed by atoms with E-state index in [9.17, 15) is 8.42 Å². The van der Waals surface area contributed by atoms with E-state index in [1.807, 2.05) is 0 Å². The van der Waals surface area contributed by atoms with E-state index in [-0.39, 0.29) is 0 Å². The van der Waals surface area contributed by atoms with Gasteiger partial charge >= 0.3 is 0 Å². The fourth-order valence-corrected chi connectivity index (χ4v) is 2.96. The first-order valence-corrected chi connectivity index (χ1v) is 7.78. The Kier molecular flexibility index (Phi) is 6.21. The summed E-state index contributed by atoms with van der Waals surface area (Å²) < 4.78 is 21.7. The average Bonchev–Trinajstić information content (AvgIpc) is 1.95. The Bertz CT molecular complexity index is 222. The Morgan fingerprint density at radius 3 is 2.15 bits per heavy atom. The predicted molar refractivity (Wildman–Crippen MR) is 61.1 cm³/mol. The fraction of sp³-hybridized carbons (Fsp3) is 1.00. The van der Waals surface area contributed by atoms with E-state index in [0.29, 0.717) is 17.6 Å². The third-order valence-electron chi connectivity index (χ3n) is 2.23. The van der Waals surface area contributed by atoms with Crippen molar-refractivity contribution in [2.75, 3.05) is 17.3 Å². The predicted octanol–water partition coefficient (Wildman–Crippen LogP) is 2.48. The maximum Gasteiger partial charge on any atom is 0.147 e. The Labute approximate surface area is 90.2 Å². The molecule has 0 bridgehead atoms. The largest absolute Gasteiger partial charge is 0.229 e. The van der Waals surface area contributed by atoms with Crippen molar-refractivity contribution in [1.82, 2.24) is 0 Å². The van der Waals surface area contributed by atoms with Crippen LogP contribution in [0.25, 0.3) is 0 Å². The highest BCUT2D eigenvalue weighted by molar-refractivity contribution is 9.09. The molecule has 0 heterocycles. The molecule has 80 valence electrons. The summed E-state index contributed by atoms with van der Waals surface area (Å²) in [6, 6.07) is 0. The number of sulfone groups is 1. The average molecular weight is 271 g/mol. The summed E-state index contributed by atoms with van der Waals surface area (Å²) in [5, 5.41) is 0.967. The first kappa shape index (κ1) is 13.4. The minimum atomic E-state index is -2.77. The molecule has 0 aromatic carbocycles. The lowest BCUT2D eigenvalue weighted by Gasteiger charge is -2.17. The van der Waals surface area contributed by atoms with E-state index in [0.717, 1.165) is 18.2 Å². The summed E-state index contributed by atoms with van der Waals surface area (Å²) in [6.45, 7) is 4.35. The maximum atomic E-state index is 10.9. The second-order valence-electron chi connectivity index (χ2n) is 3.93. The Hall–Kier alpha value is 0.430. The molecule has 1 atom stereocenters. The molecule has 13 heavy (non-hydrogen) atoms. The number of alkyl halides is 1. The molecule has 2 nitrogen and oxygen atoms in total. The molecule has 0 N–H and O–H groups in total. The third kappa shape index (κ3) is 7.50. The smallest absolute Gasteiger partial charge is 0.147 e. The highest BCUT2D eigenvalue weighted by Crippen LogP contribution is 2.19. The van der Waals surface area contributed by atoms with Crippen LogP contribution in [0.1, 0.15) is 26.7 Å². The van der Waals surface area contributed by atoms with Crippen LogP contribution >= 0.6 is 15.9 Å². The molecule has 0 rings (SSSR count). The molecular formula is C9H19BrO2S. The first-order valence-electron chi connectivity index (χ1n) is 4.60. The van der Waals surface area contributed by atoms with Crippen LogP contribution in [-0.2, 0) is 9.84 Å². The Morgan fingerprint density at radius 2 is 1.85 bits per heavy atom. The minimum Gasteiger partial charge on any atom is -0.229 e. The van der Waals surface area contributed by atoms with Crippen LogP contribution in [0.5, 0.6) is 0 Å². The van der Waals surface area contributed by atoms with Crippen LogP contribution in [-0.4, -0.2) is 25.8 Å². The lowest BCUT2D eigenvalue weighted by Crippen LogP contribution is -2.12. The molecule has 0 fully saturated rings. The highest BCUT2D eigenvalue weighted by atomic mass is 79.9. The van der Waals surface area contributed by atoms with Crippen molar-refractivity contribution in [3.05, 3.63) is 0 Å². The normalized spacial score (nSPS) is 14.8. The Morgan fingerprint density at radius 1 is 1.31 bits per heavy atom. The van der Waals surface area contributed by atoms with Gasteiger partial charge in [-0.3, -0.25) is 0 Å². The summed E-state index contributed by atoms with van der Waals surface area (Å²) in [7, 11) is -2.77. The van der Waals surface area contributed by atoms with Gasteiger partial charge in [-0.05, 0) is 24.7 Å². The molecule has 0 aliphatic rings. The van der Waals surface area contributed by atoms with Crippen LogP contribution in [0, 0.1) is 11.8 Å². The van der Waals surface area contributed by atoms with Gasteiger partial charge in [-0.25, -0.2) is 8.42 Å². The van der Waals surface area contributed by atoms with Gasteiger partial charge in [-0.15, -0.1) is 0 Å². The first-order chi connectivity index (χ1) is 5.87. The minimum absolute atomic E-state index is 0.323. The van der Waals surface area contributed by atoms with Crippen molar-refractivity contribution in [3.8, 4) is 0 Å². The van der Waals surface area contributed by atoms with Crippen LogP contribution in [0.3, 0.4) is 0 Å². The third-order valence-corrected chi connectivity index (χ3v) is 4.09. The number of hydrogen-bond donors (Lipinski definition) is 0. The summed E-state index contributed by atoms with van der Waals surface area (Å²) in [6.07, 6.45) is 3.08. The fourth-order valence-electron chi connectivity index (χ4n) is 1.20. The van der Waals surface area contributed by atoms with E-state index in [1.165, 1.54) is 6.26 Å². The second kappa shape index (κ2) is 6.02. The van der Waals surface area contributed by atoms with Crippen LogP contribution in [0.2, 0.25) is 0 Å². The summed E-state index contributed by atoms with van der Waals surface area (Å²) >= 11 is 3.45. The van der Waals surface area contributed by atoms with Crippen LogP contribution < -0.4 is 0 Å². The van der Waals surface area contributed by atoms with E-state index >= 15 is 0 Å². The van der Waals surface area contributed by atoms with Gasteiger partial charge in [-0.1, -0.05) is 29.8 Å². The van der Waals surface area contributed by atoms with Gasteiger partial charge in [0.2, 0.25) is 0 Å². The van der Waals surface area contributed by atoms with Gasteiger partial charge in [-0.2, -0.15) is 0 Å². The lowest BCUT2D eigenvalue weighted by atomic mass is 9.94. The quantitative estimate of drug-likeness (QED) is 0.695. The molecule has 0 radical (unpaired) electrons. The molecule has 1 unspecified atom stereocenters. The van der Waals surface area contributed by atoms with Crippen molar-refractivity contribution in [2.24, 2.45) is 11.8 Å². The van der Waals surface area contributed by atoms with Crippen LogP contribution in [0.15, 0.2) is 0 Å². The number of hydrogen-bond acceptors (Lipinski definition) is 2. The number of rotatable bonds is 6. The molecule has 0 aliphatic heterocycles. The monoisotopic (exact) mass is 270 g/mol. The van der Waals surface area contributed by atoms with Crippen molar-refractivity contribution < 1.29 is 8.42 Å². The summed E-state index contributed by atoms with van der Waals surface area (Å²) in [4.78, 5) is 0. The second-order valence-corrected chi connectivity index (χ2v) is 6.84. The van der Waals surface area contributed by atoms with Crippen molar-refractivity contribution in [1.29, 1.82) is 0 Å². The molecule has 0 saturated carbocycles. The van der Waals surface area contributed by atoms with Crippen molar-refractivity contribution >= 4 is 25.8 Å². The van der Waals surface area contributed by atoms with Crippen LogP contribution in [0.4, 0.5) is 0 Å². The zero-order valence-electron chi connectivity index (χ0n) is 8.59. The van der Waals surface area contributed by atoms with Gasteiger partial charge < -0.3 is 0 Å². The molecular weight excluding hydrogens is 252 g/mol. The topological polar surface area (TPSA) is 34.1 Å². The van der Waals surface area contributed by atoms with Gasteiger partial charge in [0.25, 0.3) is 0 Å². The van der Waals surface area contributed by atoms with E-state index in [2.05, 4.69) is 29.8 Å². The lowest BCUT2D eigenvalue weighted by molar-refractivity contribution is 0.398. The Balaban J connectivity index is 3.74. The standard InChI is InChI=1S/C9H19BrO2S/c1-8(2)9(7-10)5-4-6-13(3,11)12/h8-9H,4-7H2,1-3H3. The highest BCUT2D eigenvalue weighted by Gasteiger charge is 2.12.